The summed E-state index contributed by atoms with van der Waals surface area (Å²) in [6, 6.07) is 8.14. The van der Waals surface area contributed by atoms with Gasteiger partial charge in [-0.2, -0.15) is 0 Å². The molecular formula is C17H24N4O2S. The number of hydrogen-bond acceptors (Lipinski definition) is 5. The van der Waals surface area contributed by atoms with Crippen molar-refractivity contribution >= 4 is 17.7 Å². The first-order valence-electron chi connectivity index (χ1n) is 7.93. The van der Waals surface area contributed by atoms with Gasteiger partial charge in [0, 0.05) is 13.1 Å². The van der Waals surface area contributed by atoms with Crippen molar-refractivity contribution in [2.45, 2.75) is 43.1 Å². The van der Waals surface area contributed by atoms with Gasteiger partial charge >= 0.3 is 0 Å². The molecule has 0 fully saturated rings. The molecule has 24 heavy (non-hydrogen) atoms. The van der Waals surface area contributed by atoms with Crippen molar-refractivity contribution in [3.63, 3.8) is 0 Å². The molecule has 2 aromatic rings. The first-order valence-corrected chi connectivity index (χ1v) is 8.81. The Morgan fingerprint density at radius 1 is 1.33 bits per heavy atom. The molecule has 1 amide bonds. The highest BCUT2D eigenvalue weighted by Crippen LogP contribution is 2.20. The molecule has 0 radical (unpaired) electrons. The predicted molar refractivity (Wildman–Crippen MR) is 95.2 cm³/mol. The highest BCUT2D eigenvalue weighted by molar-refractivity contribution is 8.00. The van der Waals surface area contributed by atoms with Crippen LogP contribution in [0.25, 0.3) is 0 Å². The van der Waals surface area contributed by atoms with Gasteiger partial charge in [-0.25, -0.2) is 0 Å². The SMILES string of the molecule is COc1ccc(CC[C@H](C)NC(=O)[C@H](C)Sc2nncn2C)cc1. The van der Waals surface area contributed by atoms with E-state index in [4.69, 9.17) is 4.74 Å². The number of methoxy groups -OCH3 is 1. The largest absolute Gasteiger partial charge is 0.497 e. The number of aryl methyl sites for hydroxylation is 2. The molecule has 1 heterocycles. The summed E-state index contributed by atoms with van der Waals surface area (Å²) in [6.07, 6.45) is 3.43. The average molecular weight is 348 g/mol. The number of nitrogens with zero attached hydrogens (tertiary/aromatic N) is 3. The van der Waals surface area contributed by atoms with Gasteiger partial charge in [-0.15, -0.1) is 10.2 Å². The van der Waals surface area contributed by atoms with Gasteiger partial charge in [0.15, 0.2) is 5.16 Å². The molecule has 0 spiro atoms. The first kappa shape index (κ1) is 18.3. The smallest absolute Gasteiger partial charge is 0.233 e. The number of rotatable bonds is 8. The third-order valence-corrected chi connectivity index (χ3v) is 4.88. The van der Waals surface area contributed by atoms with Gasteiger partial charge in [0.2, 0.25) is 5.91 Å². The van der Waals surface area contributed by atoms with Crippen LogP contribution < -0.4 is 10.1 Å². The highest BCUT2D eigenvalue weighted by Gasteiger charge is 2.18. The zero-order chi connectivity index (χ0) is 17.5. The van der Waals surface area contributed by atoms with Crippen LogP contribution in [0.5, 0.6) is 5.75 Å². The van der Waals surface area contributed by atoms with E-state index in [2.05, 4.69) is 27.6 Å². The minimum atomic E-state index is -0.212. The van der Waals surface area contributed by atoms with Crippen LogP contribution in [0, 0.1) is 0 Å². The van der Waals surface area contributed by atoms with Gasteiger partial charge in [-0.05, 0) is 44.4 Å². The molecule has 0 aliphatic rings. The maximum Gasteiger partial charge on any atom is 0.233 e. The van der Waals surface area contributed by atoms with E-state index < -0.39 is 0 Å². The van der Waals surface area contributed by atoms with Crippen LogP contribution in [0.2, 0.25) is 0 Å². The number of carbonyl (C=O) groups excluding carboxylic acids is 1. The number of hydrogen-bond donors (Lipinski definition) is 1. The van der Waals surface area contributed by atoms with E-state index in [1.165, 1.54) is 17.3 Å². The van der Waals surface area contributed by atoms with Crippen LogP contribution in [0.4, 0.5) is 0 Å². The van der Waals surface area contributed by atoms with E-state index in [-0.39, 0.29) is 17.2 Å². The summed E-state index contributed by atoms with van der Waals surface area (Å²) in [5.74, 6) is 0.875. The minimum absolute atomic E-state index is 0.0187. The van der Waals surface area contributed by atoms with Gasteiger partial charge in [0.25, 0.3) is 0 Å². The molecule has 130 valence electrons. The Morgan fingerprint density at radius 3 is 2.62 bits per heavy atom. The second-order valence-electron chi connectivity index (χ2n) is 5.78. The Bertz CT molecular complexity index is 657. The van der Waals surface area contributed by atoms with Crippen LogP contribution >= 0.6 is 11.8 Å². The van der Waals surface area contributed by atoms with Gasteiger partial charge in [-0.1, -0.05) is 23.9 Å². The Hall–Kier alpha value is -2.02. The quantitative estimate of drug-likeness (QED) is 0.742. The Morgan fingerprint density at radius 2 is 2.04 bits per heavy atom. The van der Waals surface area contributed by atoms with Gasteiger partial charge in [-0.3, -0.25) is 4.79 Å². The molecular weight excluding hydrogens is 324 g/mol. The maximum absolute atomic E-state index is 12.3. The van der Waals surface area contributed by atoms with Crippen molar-refractivity contribution in [1.29, 1.82) is 0 Å². The lowest BCUT2D eigenvalue weighted by molar-refractivity contribution is -0.120. The molecule has 2 rings (SSSR count). The third kappa shape index (κ3) is 5.26. The molecule has 2 atom stereocenters. The fourth-order valence-corrected chi connectivity index (χ4v) is 3.00. The van der Waals surface area contributed by atoms with Crippen LogP contribution in [0.15, 0.2) is 35.7 Å². The summed E-state index contributed by atoms with van der Waals surface area (Å²) in [4.78, 5) is 12.3. The van der Waals surface area contributed by atoms with E-state index >= 15 is 0 Å². The Kier molecular flexibility index (Phi) is 6.66. The lowest BCUT2D eigenvalue weighted by Crippen LogP contribution is -2.38. The Labute approximate surface area is 147 Å². The number of carbonyl (C=O) groups is 1. The number of thioether (sulfide) groups is 1. The summed E-state index contributed by atoms with van der Waals surface area (Å²) in [5, 5.41) is 11.4. The molecule has 0 aliphatic carbocycles. The van der Waals surface area contributed by atoms with Crippen LogP contribution in [0.1, 0.15) is 25.8 Å². The molecule has 6 nitrogen and oxygen atoms in total. The summed E-state index contributed by atoms with van der Waals surface area (Å²) >= 11 is 1.41. The highest BCUT2D eigenvalue weighted by atomic mass is 32.2. The molecule has 1 N–H and O–H groups in total. The maximum atomic E-state index is 12.3. The molecule has 0 unspecified atom stereocenters. The summed E-state index contributed by atoms with van der Waals surface area (Å²) in [6.45, 7) is 3.91. The standard InChI is InChI=1S/C17H24N4O2S/c1-12(5-6-14-7-9-15(23-4)10-8-14)19-16(22)13(2)24-17-20-18-11-21(17)3/h7-13H,5-6H2,1-4H3,(H,19,22)/t12-,13-/m0/s1. The molecule has 0 saturated heterocycles. The second kappa shape index (κ2) is 8.73. The molecule has 0 bridgehead atoms. The van der Waals surface area contributed by atoms with Crippen molar-refractivity contribution in [3.05, 3.63) is 36.2 Å². The minimum Gasteiger partial charge on any atom is -0.497 e. The average Bonchev–Trinajstić information content (AvgIpc) is 2.98. The lowest BCUT2D eigenvalue weighted by Gasteiger charge is -2.17. The number of benzene rings is 1. The van der Waals surface area contributed by atoms with Crippen molar-refractivity contribution in [2.24, 2.45) is 7.05 Å². The van der Waals surface area contributed by atoms with Crippen molar-refractivity contribution in [3.8, 4) is 5.75 Å². The number of nitrogens with one attached hydrogen (secondary N) is 1. The zero-order valence-electron chi connectivity index (χ0n) is 14.5. The molecule has 0 saturated carbocycles. The van der Waals surface area contributed by atoms with Crippen molar-refractivity contribution in [2.75, 3.05) is 7.11 Å². The van der Waals surface area contributed by atoms with E-state index in [0.717, 1.165) is 23.7 Å². The fourth-order valence-electron chi connectivity index (χ4n) is 2.20. The molecule has 7 heteroatoms. The zero-order valence-corrected chi connectivity index (χ0v) is 15.3. The summed E-state index contributed by atoms with van der Waals surface area (Å²) in [7, 11) is 3.53. The normalized spacial score (nSPS) is 13.3. The lowest BCUT2D eigenvalue weighted by atomic mass is 10.1. The van der Waals surface area contributed by atoms with Crippen molar-refractivity contribution < 1.29 is 9.53 Å². The predicted octanol–water partition coefficient (Wildman–Crippen LogP) is 2.44. The second-order valence-corrected chi connectivity index (χ2v) is 7.09. The molecule has 0 aliphatic heterocycles. The molecule has 1 aromatic carbocycles. The van der Waals surface area contributed by atoms with Gasteiger partial charge < -0.3 is 14.6 Å². The fraction of sp³-hybridized carbons (Fsp3) is 0.471. The monoisotopic (exact) mass is 348 g/mol. The van der Waals surface area contributed by atoms with E-state index in [1.54, 1.807) is 13.4 Å². The topological polar surface area (TPSA) is 69.0 Å². The molecule has 1 aromatic heterocycles. The van der Waals surface area contributed by atoms with Gasteiger partial charge in [0.1, 0.15) is 12.1 Å². The summed E-state index contributed by atoms with van der Waals surface area (Å²) < 4.78 is 6.96. The van der Waals surface area contributed by atoms with Crippen LogP contribution in [-0.2, 0) is 18.3 Å². The van der Waals surface area contributed by atoms with E-state index in [1.807, 2.05) is 37.6 Å². The van der Waals surface area contributed by atoms with Crippen LogP contribution in [0.3, 0.4) is 0 Å². The number of amides is 1. The van der Waals surface area contributed by atoms with E-state index in [9.17, 15) is 4.79 Å². The van der Waals surface area contributed by atoms with E-state index in [0.29, 0.717) is 0 Å². The van der Waals surface area contributed by atoms with Crippen LogP contribution in [-0.4, -0.2) is 39.1 Å². The number of ether oxygens (including phenoxy) is 1. The summed E-state index contributed by atoms with van der Waals surface area (Å²) in [5.41, 5.74) is 1.23. The Balaban J connectivity index is 1.77. The first-order chi connectivity index (χ1) is 11.5. The number of aromatic nitrogens is 3. The van der Waals surface area contributed by atoms with Crippen molar-refractivity contribution in [1.82, 2.24) is 20.1 Å². The third-order valence-electron chi connectivity index (χ3n) is 3.74. The van der Waals surface area contributed by atoms with Gasteiger partial charge in [0.05, 0.1) is 12.4 Å².